The van der Waals surface area contributed by atoms with Gasteiger partial charge in [0.25, 0.3) is 0 Å². The molecule has 0 saturated carbocycles. The van der Waals surface area contributed by atoms with Crippen LogP contribution in [0.15, 0.2) is 24.3 Å². The van der Waals surface area contributed by atoms with Crippen molar-refractivity contribution >= 4 is 5.91 Å². The highest BCUT2D eigenvalue weighted by Gasteiger charge is 2.13. The third kappa shape index (κ3) is 5.67. The van der Waals surface area contributed by atoms with Crippen LogP contribution in [0.3, 0.4) is 0 Å². The lowest BCUT2D eigenvalue weighted by Crippen LogP contribution is -2.37. The van der Waals surface area contributed by atoms with Gasteiger partial charge in [-0.15, -0.1) is 0 Å². The van der Waals surface area contributed by atoms with E-state index < -0.39 is 0 Å². The molecule has 0 aliphatic rings. The van der Waals surface area contributed by atoms with Crippen molar-refractivity contribution in [3.8, 4) is 0 Å². The van der Waals surface area contributed by atoms with Crippen molar-refractivity contribution in [2.24, 2.45) is 0 Å². The first-order valence-electron chi connectivity index (χ1n) is 6.74. The zero-order valence-corrected chi connectivity index (χ0v) is 12.3. The van der Waals surface area contributed by atoms with E-state index in [1.165, 1.54) is 11.0 Å². The molecule has 1 atom stereocenters. The molecule has 0 aromatic heterocycles. The summed E-state index contributed by atoms with van der Waals surface area (Å²) >= 11 is 0. The zero-order valence-electron chi connectivity index (χ0n) is 12.3. The number of likely N-dealkylation sites (N-methyl/N-ethyl adjacent to an activating group) is 2. The van der Waals surface area contributed by atoms with Gasteiger partial charge in [-0.05, 0) is 26.5 Å². The van der Waals surface area contributed by atoms with Crippen LogP contribution in [-0.4, -0.2) is 54.1 Å². The molecule has 0 radical (unpaired) electrons. The monoisotopic (exact) mass is 282 g/mol. The molecule has 1 aromatic rings. The molecule has 1 aromatic carbocycles. The Hall–Kier alpha value is -1.46. The highest BCUT2D eigenvalue weighted by Crippen LogP contribution is 2.09. The van der Waals surface area contributed by atoms with Gasteiger partial charge < -0.3 is 10.0 Å². The average molecular weight is 282 g/mol. The van der Waals surface area contributed by atoms with E-state index >= 15 is 0 Å². The van der Waals surface area contributed by atoms with Crippen molar-refractivity contribution < 1.29 is 14.3 Å². The molecule has 0 aliphatic carbocycles. The second kappa shape index (κ2) is 7.97. The minimum absolute atomic E-state index is 0.0682. The van der Waals surface area contributed by atoms with Crippen LogP contribution < -0.4 is 0 Å². The van der Waals surface area contributed by atoms with Crippen LogP contribution >= 0.6 is 0 Å². The van der Waals surface area contributed by atoms with Crippen molar-refractivity contribution in [1.82, 2.24) is 9.80 Å². The van der Waals surface area contributed by atoms with Crippen molar-refractivity contribution in [2.45, 2.75) is 26.0 Å². The second-order valence-corrected chi connectivity index (χ2v) is 5.22. The molecule has 0 fully saturated rings. The van der Waals surface area contributed by atoms with E-state index in [0.29, 0.717) is 18.5 Å². The molecular formula is C15H23FN2O2. The topological polar surface area (TPSA) is 43.8 Å². The lowest BCUT2D eigenvalue weighted by molar-refractivity contribution is -0.131. The van der Waals surface area contributed by atoms with Gasteiger partial charge in [-0.3, -0.25) is 9.69 Å². The predicted molar refractivity (Wildman–Crippen MR) is 76.7 cm³/mol. The van der Waals surface area contributed by atoms with Gasteiger partial charge in [-0.1, -0.05) is 18.2 Å². The average Bonchev–Trinajstić information content (AvgIpc) is 2.39. The van der Waals surface area contributed by atoms with Gasteiger partial charge in [0.2, 0.25) is 5.91 Å². The molecule has 1 unspecified atom stereocenters. The van der Waals surface area contributed by atoms with Gasteiger partial charge in [0, 0.05) is 25.7 Å². The first kappa shape index (κ1) is 16.6. The summed E-state index contributed by atoms with van der Waals surface area (Å²) in [6, 6.07) is 6.45. The van der Waals surface area contributed by atoms with Crippen LogP contribution in [0.25, 0.3) is 0 Å². The summed E-state index contributed by atoms with van der Waals surface area (Å²) in [5.41, 5.74) is 0.509. The SMILES string of the molecule is CC(O)CCN(C)CC(=O)N(C)Cc1ccccc1F. The fourth-order valence-corrected chi connectivity index (χ4v) is 1.81. The number of aliphatic hydroxyl groups is 1. The molecule has 0 saturated heterocycles. The van der Waals surface area contributed by atoms with E-state index in [0.717, 1.165) is 0 Å². The Balaban J connectivity index is 2.45. The largest absolute Gasteiger partial charge is 0.393 e. The Morgan fingerprint density at radius 3 is 2.60 bits per heavy atom. The molecule has 0 aliphatic heterocycles. The highest BCUT2D eigenvalue weighted by molar-refractivity contribution is 5.77. The number of amides is 1. The van der Waals surface area contributed by atoms with Crippen LogP contribution in [0.5, 0.6) is 0 Å². The van der Waals surface area contributed by atoms with Crippen LogP contribution in [-0.2, 0) is 11.3 Å². The van der Waals surface area contributed by atoms with Crippen LogP contribution in [0.1, 0.15) is 18.9 Å². The lowest BCUT2D eigenvalue weighted by Gasteiger charge is -2.22. The van der Waals surface area contributed by atoms with Crippen LogP contribution in [0, 0.1) is 5.82 Å². The maximum atomic E-state index is 13.5. The van der Waals surface area contributed by atoms with E-state index in [-0.39, 0.29) is 30.9 Å². The van der Waals surface area contributed by atoms with Crippen LogP contribution in [0.2, 0.25) is 0 Å². The molecule has 1 N–H and O–H groups in total. The number of nitrogens with zero attached hydrogens (tertiary/aromatic N) is 2. The number of halogens is 1. The number of carbonyl (C=O) groups is 1. The number of benzene rings is 1. The zero-order chi connectivity index (χ0) is 15.1. The molecule has 0 bridgehead atoms. The molecule has 5 heteroatoms. The van der Waals surface area contributed by atoms with Crippen LogP contribution in [0.4, 0.5) is 4.39 Å². The van der Waals surface area contributed by atoms with Gasteiger partial charge in [0.1, 0.15) is 5.82 Å². The van der Waals surface area contributed by atoms with E-state index in [1.54, 1.807) is 32.2 Å². The smallest absolute Gasteiger partial charge is 0.236 e. The maximum Gasteiger partial charge on any atom is 0.236 e. The minimum atomic E-state index is -0.372. The minimum Gasteiger partial charge on any atom is -0.393 e. The molecular weight excluding hydrogens is 259 g/mol. The van der Waals surface area contributed by atoms with Crippen molar-refractivity contribution in [2.75, 3.05) is 27.2 Å². The standard InChI is InChI=1S/C15H23FN2O2/c1-12(19)8-9-17(2)11-15(20)18(3)10-13-6-4-5-7-14(13)16/h4-7,12,19H,8-11H2,1-3H3. The molecule has 0 heterocycles. The van der Waals surface area contributed by atoms with Crippen molar-refractivity contribution in [3.63, 3.8) is 0 Å². The van der Waals surface area contributed by atoms with Gasteiger partial charge in [0.05, 0.1) is 12.6 Å². The normalized spacial score (nSPS) is 12.5. The molecule has 20 heavy (non-hydrogen) atoms. The lowest BCUT2D eigenvalue weighted by atomic mass is 10.2. The fraction of sp³-hybridized carbons (Fsp3) is 0.533. The van der Waals surface area contributed by atoms with Gasteiger partial charge in [0.15, 0.2) is 0 Å². The summed E-state index contributed by atoms with van der Waals surface area (Å²) in [5.74, 6) is -0.365. The van der Waals surface area contributed by atoms with E-state index in [1.807, 2.05) is 11.9 Å². The van der Waals surface area contributed by atoms with Gasteiger partial charge in [-0.25, -0.2) is 4.39 Å². The van der Waals surface area contributed by atoms with Crippen molar-refractivity contribution in [1.29, 1.82) is 0 Å². The van der Waals surface area contributed by atoms with Gasteiger partial charge >= 0.3 is 0 Å². The Labute approximate surface area is 119 Å². The molecule has 4 nitrogen and oxygen atoms in total. The van der Waals surface area contributed by atoms with Gasteiger partial charge in [-0.2, -0.15) is 0 Å². The molecule has 112 valence electrons. The second-order valence-electron chi connectivity index (χ2n) is 5.22. The third-order valence-electron chi connectivity index (χ3n) is 3.12. The number of rotatable bonds is 7. The van der Waals surface area contributed by atoms with E-state index in [4.69, 9.17) is 0 Å². The summed E-state index contributed by atoms with van der Waals surface area (Å²) < 4.78 is 13.5. The number of hydrogen-bond acceptors (Lipinski definition) is 3. The molecule has 1 amide bonds. The Kier molecular flexibility index (Phi) is 6.61. The Morgan fingerprint density at radius 2 is 2.00 bits per heavy atom. The first-order chi connectivity index (χ1) is 9.40. The number of hydrogen-bond donors (Lipinski definition) is 1. The van der Waals surface area contributed by atoms with Crippen molar-refractivity contribution in [3.05, 3.63) is 35.6 Å². The highest BCUT2D eigenvalue weighted by atomic mass is 19.1. The summed E-state index contributed by atoms with van der Waals surface area (Å²) in [6.07, 6.45) is 0.254. The fourth-order valence-electron chi connectivity index (χ4n) is 1.81. The maximum absolute atomic E-state index is 13.5. The third-order valence-corrected chi connectivity index (χ3v) is 3.12. The Bertz CT molecular complexity index is 438. The quantitative estimate of drug-likeness (QED) is 0.824. The Morgan fingerprint density at radius 1 is 1.35 bits per heavy atom. The molecule has 0 spiro atoms. The van der Waals surface area contributed by atoms with E-state index in [2.05, 4.69) is 0 Å². The summed E-state index contributed by atoms with van der Waals surface area (Å²) in [4.78, 5) is 15.4. The van der Waals surface area contributed by atoms with E-state index in [9.17, 15) is 14.3 Å². The summed E-state index contributed by atoms with van der Waals surface area (Å²) in [7, 11) is 3.49. The summed E-state index contributed by atoms with van der Waals surface area (Å²) in [6.45, 7) is 2.89. The predicted octanol–water partition coefficient (Wildman–Crippen LogP) is 1.49. The summed E-state index contributed by atoms with van der Waals surface area (Å²) in [5, 5.41) is 9.21. The molecule has 1 rings (SSSR count). The first-order valence-corrected chi connectivity index (χ1v) is 6.74. The number of aliphatic hydroxyl groups excluding tert-OH is 1. The number of carbonyl (C=O) groups excluding carboxylic acids is 1.